The van der Waals surface area contributed by atoms with E-state index < -0.39 is 0 Å². The van der Waals surface area contributed by atoms with Gasteiger partial charge in [-0.05, 0) is 55.1 Å². The van der Waals surface area contributed by atoms with E-state index in [0.717, 1.165) is 31.4 Å². The van der Waals surface area contributed by atoms with Crippen molar-refractivity contribution >= 4 is 0 Å². The molecule has 0 bridgehead atoms. The lowest BCUT2D eigenvalue weighted by atomic mass is 9.89. The zero-order valence-electron chi connectivity index (χ0n) is 9.44. The number of nitrogens with one attached hydrogen (secondary N) is 1. The first kappa shape index (κ1) is 10.6. The molecule has 1 atom stereocenters. The normalized spacial score (nSPS) is 20.1. The van der Waals surface area contributed by atoms with Gasteiger partial charge in [-0.3, -0.25) is 0 Å². The molecule has 15 heavy (non-hydrogen) atoms. The fourth-order valence-electron chi connectivity index (χ4n) is 2.48. The van der Waals surface area contributed by atoms with E-state index in [0.29, 0.717) is 6.04 Å². The summed E-state index contributed by atoms with van der Waals surface area (Å²) in [6.07, 6.45) is 3.25. The molecular formula is C13H18FN. The second-order valence-corrected chi connectivity index (χ2v) is 4.34. The molecule has 2 rings (SSSR count). The lowest BCUT2D eigenvalue weighted by Gasteiger charge is -2.28. The van der Waals surface area contributed by atoms with E-state index in [1.54, 1.807) is 12.1 Å². The van der Waals surface area contributed by atoms with Crippen molar-refractivity contribution in [2.75, 3.05) is 6.54 Å². The largest absolute Gasteiger partial charge is 0.310 e. The van der Waals surface area contributed by atoms with Gasteiger partial charge in [0.1, 0.15) is 5.82 Å². The summed E-state index contributed by atoms with van der Waals surface area (Å²) in [6, 6.07) is 3.70. The van der Waals surface area contributed by atoms with Gasteiger partial charge in [-0.25, -0.2) is 4.39 Å². The Morgan fingerprint density at radius 1 is 1.47 bits per heavy atom. The van der Waals surface area contributed by atoms with Gasteiger partial charge in [-0.15, -0.1) is 0 Å². The van der Waals surface area contributed by atoms with Crippen LogP contribution in [0, 0.1) is 12.7 Å². The molecule has 82 valence electrons. The molecule has 0 amide bonds. The highest BCUT2D eigenvalue weighted by atomic mass is 19.1. The van der Waals surface area contributed by atoms with Crippen LogP contribution < -0.4 is 5.32 Å². The van der Waals surface area contributed by atoms with Crippen molar-refractivity contribution < 1.29 is 4.39 Å². The standard InChI is InChI=1S/C13H18FN/c1-3-4-13-12-8-10(14)7-9(2)11(12)5-6-15-13/h7-8,13,15H,3-6H2,1-2H3. The van der Waals surface area contributed by atoms with E-state index in [2.05, 4.69) is 12.2 Å². The quantitative estimate of drug-likeness (QED) is 0.785. The van der Waals surface area contributed by atoms with Crippen molar-refractivity contribution in [3.8, 4) is 0 Å². The third-order valence-electron chi connectivity index (χ3n) is 3.19. The summed E-state index contributed by atoms with van der Waals surface area (Å²) in [6.45, 7) is 5.20. The van der Waals surface area contributed by atoms with Crippen LogP contribution in [0.4, 0.5) is 4.39 Å². The van der Waals surface area contributed by atoms with Crippen molar-refractivity contribution in [1.82, 2.24) is 5.32 Å². The van der Waals surface area contributed by atoms with Crippen LogP contribution in [0.5, 0.6) is 0 Å². The van der Waals surface area contributed by atoms with Gasteiger partial charge < -0.3 is 5.32 Å². The predicted molar refractivity (Wildman–Crippen MR) is 60.5 cm³/mol. The lowest BCUT2D eigenvalue weighted by molar-refractivity contribution is 0.466. The van der Waals surface area contributed by atoms with Gasteiger partial charge in [-0.2, -0.15) is 0 Å². The number of halogens is 1. The van der Waals surface area contributed by atoms with E-state index in [4.69, 9.17) is 0 Å². The average Bonchev–Trinajstić information content (AvgIpc) is 2.19. The van der Waals surface area contributed by atoms with E-state index in [-0.39, 0.29) is 5.82 Å². The summed E-state index contributed by atoms with van der Waals surface area (Å²) in [7, 11) is 0. The van der Waals surface area contributed by atoms with Crippen molar-refractivity contribution in [3.05, 3.63) is 34.6 Å². The lowest BCUT2D eigenvalue weighted by Crippen LogP contribution is -2.30. The molecule has 1 aliphatic rings. The first-order valence-electron chi connectivity index (χ1n) is 5.74. The van der Waals surface area contributed by atoms with Crippen LogP contribution in [0.3, 0.4) is 0 Å². The van der Waals surface area contributed by atoms with Gasteiger partial charge in [0.15, 0.2) is 0 Å². The summed E-state index contributed by atoms with van der Waals surface area (Å²) >= 11 is 0. The molecule has 0 aliphatic carbocycles. The molecule has 0 spiro atoms. The molecule has 1 N–H and O–H groups in total. The van der Waals surface area contributed by atoms with Crippen molar-refractivity contribution in [3.63, 3.8) is 0 Å². The minimum Gasteiger partial charge on any atom is -0.310 e. The van der Waals surface area contributed by atoms with Gasteiger partial charge in [0, 0.05) is 6.04 Å². The summed E-state index contributed by atoms with van der Waals surface area (Å²) in [5.41, 5.74) is 3.64. The van der Waals surface area contributed by atoms with E-state index in [1.807, 2.05) is 6.92 Å². The Bertz CT molecular complexity index is 360. The smallest absolute Gasteiger partial charge is 0.123 e. The van der Waals surface area contributed by atoms with Gasteiger partial charge in [0.2, 0.25) is 0 Å². The summed E-state index contributed by atoms with van der Waals surface area (Å²) in [5, 5.41) is 3.46. The van der Waals surface area contributed by atoms with E-state index >= 15 is 0 Å². The third-order valence-corrected chi connectivity index (χ3v) is 3.19. The number of hydrogen-bond donors (Lipinski definition) is 1. The van der Waals surface area contributed by atoms with Gasteiger partial charge in [-0.1, -0.05) is 13.3 Å². The van der Waals surface area contributed by atoms with Crippen LogP contribution in [0.25, 0.3) is 0 Å². The van der Waals surface area contributed by atoms with E-state index in [1.165, 1.54) is 11.1 Å². The second kappa shape index (κ2) is 4.31. The molecule has 1 nitrogen and oxygen atoms in total. The number of rotatable bonds is 2. The maximum absolute atomic E-state index is 13.3. The summed E-state index contributed by atoms with van der Waals surface area (Å²) < 4.78 is 13.3. The maximum Gasteiger partial charge on any atom is 0.123 e. The van der Waals surface area contributed by atoms with E-state index in [9.17, 15) is 4.39 Å². The van der Waals surface area contributed by atoms with Gasteiger partial charge >= 0.3 is 0 Å². The molecule has 0 saturated heterocycles. The zero-order valence-corrected chi connectivity index (χ0v) is 9.44. The Balaban J connectivity index is 2.41. The van der Waals surface area contributed by atoms with Crippen LogP contribution in [-0.2, 0) is 6.42 Å². The Labute approximate surface area is 90.7 Å². The molecule has 1 unspecified atom stereocenters. The van der Waals surface area contributed by atoms with Crippen molar-refractivity contribution in [1.29, 1.82) is 0 Å². The summed E-state index contributed by atoms with van der Waals surface area (Å²) in [5.74, 6) is -0.101. The van der Waals surface area contributed by atoms with Crippen LogP contribution >= 0.6 is 0 Å². The second-order valence-electron chi connectivity index (χ2n) is 4.34. The number of hydrogen-bond acceptors (Lipinski definition) is 1. The molecule has 0 fully saturated rings. The first-order valence-corrected chi connectivity index (χ1v) is 5.74. The number of fused-ring (bicyclic) bond motifs is 1. The molecule has 1 heterocycles. The molecule has 1 aliphatic heterocycles. The first-order chi connectivity index (χ1) is 7.22. The Kier molecular flexibility index (Phi) is 3.06. The molecule has 0 radical (unpaired) electrons. The highest BCUT2D eigenvalue weighted by Crippen LogP contribution is 2.29. The van der Waals surface area contributed by atoms with Crippen LogP contribution in [0.1, 0.15) is 42.5 Å². The number of aryl methyl sites for hydroxylation is 1. The Morgan fingerprint density at radius 2 is 2.27 bits per heavy atom. The highest BCUT2D eigenvalue weighted by Gasteiger charge is 2.20. The Morgan fingerprint density at radius 3 is 3.00 bits per heavy atom. The molecule has 0 aromatic heterocycles. The molecular weight excluding hydrogens is 189 g/mol. The minimum atomic E-state index is -0.101. The van der Waals surface area contributed by atoms with Crippen LogP contribution in [0.15, 0.2) is 12.1 Å². The minimum absolute atomic E-state index is 0.101. The maximum atomic E-state index is 13.3. The Hall–Kier alpha value is -0.890. The van der Waals surface area contributed by atoms with Gasteiger partial charge in [0.05, 0.1) is 0 Å². The fourth-order valence-corrected chi connectivity index (χ4v) is 2.48. The third kappa shape index (κ3) is 2.05. The van der Waals surface area contributed by atoms with Crippen molar-refractivity contribution in [2.24, 2.45) is 0 Å². The predicted octanol–water partition coefficient (Wildman–Crippen LogP) is 3.12. The summed E-state index contributed by atoms with van der Waals surface area (Å²) in [4.78, 5) is 0. The average molecular weight is 207 g/mol. The van der Waals surface area contributed by atoms with Crippen LogP contribution in [-0.4, -0.2) is 6.54 Å². The SMILES string of the molecule is CCCC1NCCc2c(C)cc(F)cc21. The molecule has 1 aromatic rings. The topological polar surface area (TPSA) is 12.0 Å². The van der Waals surface area contributed by atoms with Crippen molar-refractivity contribution in [2.45, 2.75) is 39.2 Å². The zero-order chi connectivity index (χ0) is 10.8. The fraction of sp³-hybridized carbons (Fsp3) is 0.538. The molecule has 1 aromatic carbocycles. The highest BCUT2D eigenvalue weighted by molar-refractivity contribution is 5.39. The van der Waals surface area contributed by atoms with Crippen LogP contribution in [0.2, 0.25) is 0 Å². The number of benzene rings is 1. The molecule has 2 heteroatoms. The molecule has 0 saturated carbocycles. The monoisotopic (exact) mass is 207 g/mol. The van der Waals surface area contributed by atoms with Gasteiger partial charge in [0.25, 0.3) is 0 Å².